The van der Waals surface area contributed by atoms with Gasteiger partial charge >= 0.3 is 0 Å². The molecule has 72 valence electrons. The second-order valence-electron chi connectivity index (χ2n) is 2.95. The number of nitriles is 1. The van der Waals surface area contributed by atoms with Gasteiger partial charge in [0.2, 0.25) is 0 Å². The van der Waals surface area contributed by atoms with Crippen LogP contribution in [0.4, 0.5) is 10.1 Å². The molecule has 0 radical (unpaired) electrons. The zero-order chi connectivity index (χ0) is 10.6. The highest BCUT2D eigenvalue weighted by molar-refractivity contribution is 5.64. The normalized spacial score (nSPS) is 10.1. The van der Waals surface area contributed by atoms with Gasteiger partial charge in [0.05, 0.1) is 12.0 Å². The average molecular weight is 191 g/mol. The van der Waals surface area contributed by atoms with Crippen LogP contribution < -0.4 is 0 Å². The van der Waals surface area contributed by atoms with Crippen LogP contribution in [0.1, 0.15) is 5.56 Å². The predicted molar refractivity (Wildman–Crippen MR) is 53.0 cm³/mol. The van der Waals surface area contributed by atoms with E-state index in [2.05, 4.69) is 4.99 Å². The lowest BCUT2D eigenvalue weighted by Crippen LogP contribution is -2.07. The van der Waals surface area contributed by atoms with Crippen LogP contribution in [0, 0.1) is 17.1 Å². The molecule has 0 aliphatic carbocycles. The fourth-order valence-electron chi connectivity index (χ4n) is 0.909. The molecule has 4 heteroatoms. The Bertz CT molecular complexity index is 391. The van der Waals surface area contributed by atoms with Gasteiger partial charge in [-0.15, -0.1) is 0 Å². The molecule has 0 aromatic heterocycles. The summed E-state index contributed by atoms with van der Waals surface area (Å²) in [7, 11) is 3.60. The molecule has 0 saturated heterocycles. The van der Waals surface area contributed by atoms with E-state index < -0.39 is 5.82 Å². The molecule has 0 fully saturated rings. The number of aliphatic imine (C=N–C) groups is 1. The first kappa shape index (κ1) is 10.2. The van der Waals surface area contributed by atoms with E-state index in [1.165, 1.54) is 18.5 Å². The van der Waals surface area contributed by atoms with Gasteiger partial charge in [0, 0.05) is 14.1 Å². The predicted octanol–water partition coefficient (Wildman–Crippen LogP) is 1.92. The van der Waals surface area contributed by atoms with Crippen molar-refractivity contribution in [3.05, 3.63) is 29.6 Å². The molecule has 0 aliphatic heterocycles. The molecule has 0 amide bonds. The lowest BCUT2D eigenvalue weighted by Gasteiger charge is -2.03. The van der Waals surface area contributed by atoms with E-state index in [1.54, 1.807) is 31.1 Å². The van der Waals surface area contributed by atoms with E-state index in [1.807, 2.05) is 0 Å². The number of hydrogen-bond donors (Lipinski definition) is 0. The van der Waals surface area contributed by atoms with Crippen LogP contribution in [0.2, 0.25) is 0 Å². The minimum absolute atomic E-state index is 0.0226. The molecule has 0 N–H and O–H groups in total. The van der Waals surface area contributed by atoms with Gasteiger partial charge < -0.3 is 4.90 Å². The fourth-order valence-corrected chi connectivity index (χ4v) is 0.909. The molecule has 1 aromatic rings. The second-order valence-corrected chi connectivity index (χ2v) is 2.95. The molecule has 0 atom stereocenters. The standard InChI is InChI=1S/C10H10FN3/c1-14(2)7-13-10-5-3-4-9(11)8(10)6-12/h3-5,7H,1-2H3/b13-7-. The summed E-state index contributed by atoms with van der Waals surface area (Å²) in [6.07, 6.45) is 1.52. The smallest absolute Gasteiger partial charge is 0.143 e. The van der Waals surface area contributed by atoms with Gasteiger partial charge in [0.1, 0.15) is 17.4 Å². The fraction of sp³-hybridized carbons (Fsp3) is 0.200. The van der Waals surface area contributed by atoms with Crippen LogP contribution >= 0.6 is 0 Å². The molecule has 0 spiro atoms. The Morgan fingerprint density at radius 2 is 2.21 bits per heavy atom. The largest absolute Gasteiger partial charge is 0.369 e. The Morgan fingerprint density at radius 3 is 2.79 bits per heavy atom. The van der Waals surface area contributed by atoms with E-state index in [0.717, 1.165) is 0 Å². The number of benzene rings is 1. The minimum Gasteiger partial charge on any atom is -0.369 e. The summed E-state index contributed by atoms with van der Waals surface area (Å²) in [6.45, 7) is 0. The van der Waals surface area contributed by atoms with Gasteiger partial charge in [-0.3, -0.25) is 0 Å². The Kier molecular flexibility index (Phi) is 3.19. The molecule has 0 heterocycles. The molecule has 0 aliphatic rings. The topological polar surface area (TPSA) is 39.4 Å². The summed E-state index contributed by atoms with van der Waals surface area (Å²) in [5.41, 5.74) is 0.326. The van der Waals surface area contributed by atoms with Gasteiger partial charge in [-0.25, -0.2) is 9.38 Å². The number of hydrogen-bond acceptors (Lipinski definition) is 2. The second kappa shape index (κ2) is 4.38. The molecule has 0 unspecified atom stereocenters. The first-order chi connectivity index (χ1) is 6.65. The lowest BCUT2D eigenvalue weighted by atomic mass is 10.2. The van der Waals surface area contributed by atoms with E-state index in [4.69, 9.17) is 5.26 Å². The third kappa shape index (κ3) is 2.30. The Balaban J connectivity index is 3.10. The van der Waals surface area contributed by atoms with E-state index in [0.29, 0.717) is 5.69 Å². The van der Waals surface area contributed by atoms with Crippen LogP contribution in [0.15, 0.2) is 23.2 Å². The zero-order valence-electron chi connectivity index (χ0n) is 8.03. The van der Waals surface area contributed by atoms with Gasteiger partial charge in [-0.1, -0.05) is 6.07 Å². The SMILES string of the molecule is CN(C)/C=N\c1cccc(F)c1C#N. The van der Waals surface area contributed by atoms with Crippen molar-refractivity contribution in [2.75, 3.05) is 14.1 Å². The van der Waals surface area contributed by atoms with Gasteiger partial charge in [0.15, 0.2) is 0 Å². The van der Waals surface area contributed by atoms with Crippen molar-refractivity contribution >= 4 is 12.0 Å². The summed E-state index contributed by atoms with van der Waals surface area (Å²) in [4.78, 5) is 5.69. The van der Waals surface area contributed by atoms with Crippen molar-refractivity contribution in [2.45, 2.75) is 0 Å². The highest BCUT2D eigenvalue weighted by atomic mass is 19.1. The molecule has 3 nitrogen and oxygen atoms in total. The summed E-state index contributed by atoms with van der Waals surface area (Å²) in [5, 5.41) is 8.69. The highest BCUT2D eigenvalue weighted by Gasteiger charge is 2.05. The molecular formula is C10H10FN3. The van der Waals surface area contributed by atoms with Crippen LogP contribution in [0.25, 0.3) is 0 Å². The van der Waals surface area contributed by atoms with Crippen molar-refractivity contribution in [2.24, 2.45) is 4.99 Å². The van der Waals surface area contributed by atoms with Crippen molar-refractivity contribution in [3.8, 4) is 6.07 Å². The summed E-state index contributed by atoms with van der Waals surface area (Å²) in [5.74, 6) is -0.541. The molecule has 14 heavy (non-hydrogen) atoms. The molecule has 1 aromatic carbocycles. The molecule has 0 bridgehead atoms. The maximum Gasteiger partial charge on any atom is 0.143 e. The van der Waals surface area contributed by atoms with Crippen LogP contribution in [0.3, 0.4) is 0 Å². The average Bonchev–Trinajstić information content (AvgIpc) is 2.14. The summed E-state index contributed by atoms with van der Waals surface area (Å²) in [6, 6.07) is 6.15. The Labute approximate surface area is 82.1 Å². The Hall–Kier alpha value is -1.89. The third-order valence-electron chi connectivity index (χ3n) is 1.53. The Morgan fingerprint density at radius 1 is 1.50 bits per heavy atom. The van der Waals surface area contributed by atoms with Crippen molar-refractivity contribution in [1.29, 1.82) is 5.26 Å². The number of halogens is 1. The van der Waals surface area contributed by atoms with Gasteiger partial charge in [-0.2, -0.15) is 5.26 Å². The first-order valence-electron chi connectivity index (χ1n) is 4.04. The molecule has 0 saturated carbocycles. The summed E-state index contributed by atoms with van der Waals surface area (Å²) < 4.78 is 13.1. The summed E-state index contributed by atoms with van der Waals surface area (Å²) >= 11 is 0. The quantitative estimate of drug-likeness (QED) is 0.529. The van der Waals surface area contributed by atoms with Crippen molar-refractivity contribution in [1.82, 2.24) is 4.90 Å². The van der Waals surface area contributed by atoms with Gasteiger partial charge in [0.25, 0.3) is 0 Å². The number of nitrogens with zero attached hydrogens (tertiary/aromatic N) is 3. The van der Waals surface area contributed by atoms with E-state index in [-0.39, 0.29) is 5.56 Å². The van der Waals surface area contributed by atoms with Crippen LogP contribution in [-0.2, 0) is 0 Å². The first-order valence-corrected chi connectivity index (χ1v) is 4.04. The van der Waals surface area contributed by atoms with E-state index >= 15 is 0 Å². The minimum atomic E-state index is -0.541. The highest BCUT2D eigenvalue weighted by Crippen LogP contribution is 2.20. The number of rotatable bonds is 2. The lowest BCUT2D eigenvalue weighted by molar-refractivity contribution is 0.623. The monoisotopic (exact) mass is 191 g/mol. The van der Waals surface area contributed by atoms with Crippen LogP contribution in [0.5, 0.6) is 0 Å². The van der Waals surface area contributed by atoms with Gasteiger partial charge in [-0.05, 0) is 12.1 Å². The maximum absolute atomic E-state index is 13.1. The molecular weight excluding hydrogens is 181 g/mol. The zero-order valence-corrected chi connectivity index (χ0v) is 8.03. The van der Waals surface area contributed by atoms with Crippen molar-refractivity contribution in [3.63, 3.8) is 0 Å². The van der Waals surface area contributed by atoms with E-state index in [9.17, 15) is 4.39 Å². The van der Waals surface area contributed by atoms with Crippen LogP contribution in [-0.4, -0.2) is 25.3 Å². The maximum atomic E-state index is 13.1. The third-order valence-corrected chi connectivity index (χ3v) is 1.53. The molecule has 1 rings (SSSR count). The van der Waals surface area contributed by atoms with Crippen molar-refractivity contribution < 1.29 is 4.39 Å².